The van der Waals surface area contributed by atoms with Gasteiger partial charge in [-0.3, -0.25) is 33.5 Å². The van der Waals surface area contributed by atoms with E-state index in [1.54, 1.807) is 46.9 Å². The first kappa shape index (κ1) is 52.9. The van der Waals surface area contributed by atoms with Crippen molar-refractivity contribution in [3.8, 4) is 15.4 Å². The Bertz CT molecular complexity index is 3460. The van der Waals surface area contributed by atoms with Crippen molar-refractivity contribution in [3.05, 3.63) is 129 Å². The molecule has 0 saturated carbocycles. The van der Waals surface area contributed by atoms with Crippen molar-refractivity contribution >= 4 is 80.3 Å². The lowest BCUT2D eigenvalue weighted by atomic mass is 9.85. The van der Waals surface area contributed by atoms with Crippen LogP contribution in [0, 0.1) is 39.0 Å². The molecule has 4 N–H and O–H groups in total. The summed E-state index contributed by atoms with van der Waals surface area (Å²) in [5, 5.41) is 30.1. The van der Waals surface area contributed by atoms with Crippen LogP contribution in [0.2, 0.25) is 0 Å². The van der Waals surface area contributed by atoms with Crippen molar-refractivity contribution in [2.75, 3.05) is 37.0 Å². The Hall–Kier alpha value is -7.55. The highest BCUT2D eigenvalue weighted by Gasteiger charge is 2.45. The number of aryl methyl sites for hydroxylation is 3. The normalized spacial score (nSPS) is 19.0. The van der Waals surface area contributed by atoms with Crippen molar-refractivity contribution in [2.45, 2.75) is 105 Å². The van der Waals surface area contributed by atoms with E-state index >= 15 is 0 Å². The van der Waals surface area contributed by atoms with Crippen LogP contribution < -0.4 is 20.9 Å². The van der Waals surface area contributed by atoms with E-state index in [1.807, 2.05) is 100 Å². The van der Waals surface area contributed by atoms with E-state index in [1.165, 1.54) is 12.0 Å². The molecule has 77 heavy (non-hydrogen) atoms. The van der Waals surface area contributed by atoms with Crippen LogP contribution in [-0.2, 0) is 23.9 Å². The van der Waals surface area contributed by atoms with E-state index in [2.05, 4.69) is 49.9 Å². The van der Waals surface area contributed by atoms with Gasteiger partial charge in [0, 0.05) is 58.8 Å². The van der Waals surface area contributed by atoms with Crippen molar-refractivity contribution in [1.29, 1.82) is 0 Å². The summed E-state index contributed by atoms with van der Waals surface area (Å²) in [5.41, 5.74) is 9.52. The van der Waals surface area contributed by atoms with E-state index < -0.39 is 53.3 Å². The summed E-state index contributed by atoms with van der Waals surface area (Å²) in [6.07, 6.45) is -0.218. The molecular weight excluding hydrogens is 1020 g/mol. The number of amides is 4. The molecule has 0 radical (unpaired) electrons. The minimum Gasteiger partial charge on any atom is -0.469 e. The van der Waals surface area contributed by atoms with Crippen LogP contribution in [0.3, 0.4) is 0 Å². The summed E-state index contributed by atoms with van der Waals surface area (Å²) in [6, 6.07) is 19.8. The number of hydrogen-bond donors (Lipinski definition) is 4. The SMILES string of the molecule is COC(=O)C[C@@H]1N=C(c2ccc(N3CCC(C(=O)Nc4ccc5oc(C(=O)NC(C(=O)N6C[C@H](O)C[C@H]6C(=O)N[C@@H](C)c6ccc(-c7scnc7C)cc6)C(C)(C)C)cc5c4)C3)cc2)c2c(sc(C)c2C)-n2c(C)nnc21. The molecule has 2 fully saturated rings. The number of anilines is 2. The largest absolute Gasteiger partial charge is 0.469 e. The number of carbonyl (C=O) groups is 5. The number of aliphatic hydroxyl groups excluding tert-OH is 1. The maximum absolute atomic E-state index is 14.4. The van der Waals surface area contributed by atoms with Crippen molar-refractivity contribution in [1.82, 2.24) is 35.3 Å². The van der Waals surface area contributed by atoms with E-state index in [4.69, 9.17) is 14.1 Å². The third kappa shape index (κ3) is 10.5. The second-order valence-electron chi connectivity index (χ2n) is 21.3. The van der Waals surface area contributed by atoms with Crippen LogP contribution in [0.25, 0.3) is 26.4 Å². The monoisotopic (exact) mass is 1080 g/mol. The third-order valence-corrected chi connectivity index (χ3v) is 17.1. The van der Waals surface area contributed by atoms with Crippen LogP contribution in [0.15, 0.2) is 87.7 Å². The van der Waals surface area contributed by atoms with Gasteiger partial charge >= 0.3 is 5.97 Å². The predicted molar refractivity (Wildman–Crippen MR) is 296 cm³/mol. The molecule has 3 aliphatic heterocycles. The Labute approximate surface area is 454 Å². The second kappa shape index (κ2) is 21.1. The van der Waals surface area contributed by atoms with Gasteiger partial charge in [0.15, 0.2) is 11.6 Å². The molecule has 4 amide bonds. The van der Waals surface area contributed by atoms with Crippen LogP contribution in [0.4, 0.5) is 11.4 Å². The topological polar surface area (TPSA) is 226 Å². The number of methoxy groups -OCH3 is 1. The van der Waals surface area contributed by atoms with Gasteiger partial charge in [-0.2, -0.15) is 0 Å². The molecule has 0 aliphatic carbocycles. The second-order valence-corrected chi connectivity index (χ2v) is 23.4. The minimum absolute atomic E-state index is 0.0147. The zero-order chi connectivity index (χ0) is 54.6. The van der Waals surface area contributed by atoms with Gasteiger partial charge in [0.25, 0.3) is 5.91 Å². The number of nitrogens with one attached hydrogen (secondary N) is 3. The molecule has 0 bridgehead atoms. The summed E-state index contributed by atoms with van der Waals surface area (Å²) in [5.74, 6) is -1.08. The molecule has 3 aliphatic rings. The number of carbonyl (C=O) groups excluding carboxylic acids is 5. The Morgan fingerprint density at radius 3 is 2.35 bits per heavy atom. The molecule has 0 spiro atoms. The number of rotatable bonds is 13. The summed E-state index contributed by atoms with van der Waals surface area (Å²) in [4.78, 5) is 83.9. The zero-order valence-electron chi connectivity index (χ0n) is 44.5. The number of β-amino-alcohol motifs (C(OH)–C–C–N with tert-alkyl or cyclic N) is 1. The number of aromatic nitrogens is 4. The lowest BCUT2D eigenvalue weighted by molar-refractivity contribution is -0.142. The lowest BCUT2D eigenvalue weighted by Crippen LogP contribution is -2.57. The van der Waals surface area contributed by atoms with Crippen molar-refractivity contribution < 1.29 is 38.2 Å². The number of thiophene rings is 1. The summed E-state index contributed by atoms with van der Waals surface area (Å²) < 4.78 is 13.0. The average Bonchev–Trinajstić information content (AvgIpc) is 4.32. The first-order valence-electron chi connectivity index (χ1n) is 25.7. The molecule has 2 saturated heterocycles. The van der Waals surface area contributed by atoms with Gasteiger partial charge in [0.2, 0.25) is 17.7 Å². The highest BCUT2D eigenvalue weighted by molar-refractivity contribution is 7.15. The maximum Gasteiger partial charge on any atom is 0.308 e. The zero-order valence-corrected chi connectivity index (χ0v) is 46.1. The number of ether oxygens (including phenoxy) is 1. The third-order valence-electron chi connectivity index (χ3n) is 14.9. The van der Waals surface area contributed by atoms with E-state index in [9.17, 15) is 29.1 Å². The molecule has 3 aromatic carbocycles. The number of hydrogen-bond acceptors (Lipinski definition) is 15. The van der Waals surface area contributed by atoms with Crippen molar-refractivity contribution in [2.24, 2.45) is 16.3 Å². The highest BCUT2D eigenvalue weighted by Crippen LogP contribution is 2.40. The molecule has 2 unspecified atom stereocenters. The minimum atomic E-state index is -1.08. The predicted octanol–water partition coefficient (Wildman–Crippen LogP) is 8.34. The van der Waals surface area contributed by atoms with E-state index in [-0.39, 0.29) is 43.0 Å². The first-order valence-corrected chi connectivity index (χ1v) is 27.4. The van der Waals surface area contributed by atoms with Gasteiger partial charge in [-0.15, -0.1) is 32.9 Å². The van der Waals surface area contributed by atoms with Gasteiger partial charge in [-0.05, 0) is 99.5 Å². The number of benzene rings is 3. The summed E-state index contributed by atoms with van der Waals surface area (Å²) in [6.45, 7) is 16.5. The molecule has 6 atom stereocenters. The molecule has 7 heterocycles. The van der Waals surface area contributed by atoms with E-state index in [0.29, 0.717) is 47.8 Å². The molecule has 10 rings (SSSR count). The van der Waals surface area contributed by atoms with Gasteiger partial charge < -0.3 is 40.0 Å². The number of likely N-dealkylation sites (tertiary alicyclic amines) is 1. The van der Waals surface area contributed by atoms with Crippen LogP contribution in [0.5, 0.6) is 0 Å². The molecule has 18 nitrogen and oxygen atoms in total. The smallest absolute Gasteiger partial charge is 0.308 e. The van der Waals surface area contributed by atoms with Gasteiger partial charge in [0.1, 0.15) is 34.5 Å². The molecule has 7 aromatic rings. The standard InChI is InChI=1S/C57H62N10O8S2/c1-29-32(4)77-56-47(29)48(61-42(25-46(69)74-9)51-64-63-33(5)67(51)56)35-14-17-40(18-15-35)65-21-20-37(26-65)52(70)60-39-16-19-44-38(22-39)23-45(75-44)54(72)62-50(57(6,7)8)55(73)66-27-41(68)24-43(66)53(71)59-30(2)34-10-12-36(13-11-34)49-31(3)58-28-76-49/h10-19,22-23,28,30,37,41-43,50,68H,20-21,24-27H2,1-9H3,(H,59,71)(H,60,70)(H,62,72)/t30-,37?,41+,42-,43-,50?/m0/s1. The Kier molecular flexibility index (Phi) is 14.5. The van der Waals surface area contributed by atoms with Gasteiger partial charge in [-0.25, -0.2) is 4.98 Å². The van der Waals surface area contributed by atoms with Crippen LogP contribution in [0.1, 0.15) is 114 Å². The number of thiazole rings is 1. The first-order chi connectivity index (χ1) is 36.8. The number of nitrogens with zero attached hydrogens (tertiary/aromatic N) is 7. The molecular formula is C57H62N10O8S2. The maximum atomic E-state index is 14.4. The molecule has 4 aromatic heterocycles. The number of furan rings is 1. The number of fused-ring (bicyclic) bond motifs is 4. The Morgan fingerprint density at radius 2 is 1.65 bits per heavy atom. The van der Waals surface area contributed by atoms with Crippen LogP contribution >= 0.6 is 22.7 Å². The van der Waals surface area contributed by atoms with E-state index in [0.717, 1.165) is 59.7 Å². The Morgan fingerprint density at radius 1 is 0.909 bits per heavy atom. The fourth-order valence-corrected chi connectivity index (χ4v) is 12.5. The summed E-state index contributed by atoms with van der Waals surface area (Å²) in [7, 11) is 1.36. The van der Waals surface area contributed by atoms with Gasteiger partial charge in [0.05, 0.1) is 53.4 Å². The summed E-state index contributed by atoms with van der Waals surface area (Å²) >= 11 is 3.21. The Balaban J connectivity index is 0.774. The number of aliphatic hydroxyl groups is 1. The van der Waals surface area contributed by atoms with Crippen LogP contribution in [-0.4, -0.2) is 110 Å². The average molecular weight is 1080 g/mol. The quantitative estimate of drug-likeness (QED) is 0.0800. The molecule has 20 heteroatoms. The number of esters is 1. The van der Waals surface area contributed by atoms with Crippen molar-refractivity contribution in [3.63, 3.8) is 0 Å². The highest BCUT2D eigenvalue weighted by atomic mass is 32.1. The lowest BCUT2D eigenvalue weighted by Gasteiger charge is -2.35. The fraction of sp³-hybridized carbons (Fsp3) is 0.386. The fourth-order valence-electron chi connectivity index (χ4n) is 10.5. The van der Waals surface area contributed by atoms with Gasteiger partial charge in [-0.1, -0.05) is 57.2 Å². The number of aliphatic imine (C=N–C) groups is 1. The molecule has 400 valence electrons.